The molecule has 0 radical (unpaired) electrons. The SMILES string of the molecule is CCCCCC=CC[C@@]1(O)C=C(Cl)C(=O)C1=C[C@H](OC(C)=O)[C@H](CCCC(=O)OC)OC(C)=O. The molecule has 1 aliphatic rings. The Hall–Kier alpha value is -2.45. The van der Waals surface area contributed by atoms with Crippen LogP contribution in [-0.4, -0.2) is 53.7 Å². The number of methoxy groups -OCH3 is 1. The van der Waals surface area contributed by atoms with Gasteiger partial charge in [0.2, 0.25) is 5.78 Å². The Morgan fingerprint density at radius 2 is 1.79 bits per heavy atom. The van der Waals surface area contributed by atoms with Gasteiger partial charge in [-0.3, -0.25) is 19.2 Å². The molecule has 0 fully saturated rings. The van der Waals surface area contributed by atoms with E-state index < -0.39 is 41.5 Å². The Kier molecular flexibility index (Phi) is 12.8. The number of carbonyl (C=O) groups is 4. The van der Waals surface area contributed by atoms with E-state index in [1.54, 1.807) is 6.08 Å². The second-order valence-corrected chi connectivity index (χ2v) is 8.59. The van der Waals surface area contributed by atoms with Crippen molar-refractivity contribution in [2.24, 2.45) is 0 Å². The van der Waals surface area contributed by atoms with E-state index >= 15 is 0 Å². The maximum Gasteiger partial charge on any atom is 0.305 e. The number of allylic oxidation sites excluding steroid dienone is 2. The number of ketones is 1. The van der Waals surface area contributed by atoms with Gasteiger partial charge in [0.25, 0.3) is 0 Å². The van der Waals surface area contributed by atoms with Crippen molar-refractivity contribution in [2.45, 2.75) is 89.9 Å². The van der Waals surface area contributed by atoms with Crippen molar-refractivity contribution in [3.05, 3.63) is 34.9 Å². The van der Waals surface area contributed by atoms with Crippen molar-refractivity contribution in [3.8, 4) is 0 Å². The van der Waals surface area contributed by atoms with Gasteiger partial charge in [-0.05, 0) is 37.8 Å². The molecule has 0 amide bonds. The van der Waals surface area contributed by atoms with Crippen molar-refractivity contribution >= 4 is 35.3 Å². The zero-order valence-electron chi connectivity index (χ0n) is 20.3. The van der Waals surface area contributed by atoms with Crippen LogP contribution in [-0.2, 0) is 33.4 Å². The predicted octanol–water partition coefficient (Wildman–Crippen LogP) is 4.08. The summed E-state index contributed by atoms with van der Waals surface area (Å²) in [5, 5.41) is 11.1. The molecule has 0 unspecified atom stereocenters. The van der Waals surface area contributed by atoms with E-state index in [2.05, 4.69) is 11.7 Å². The summed E-state index contributed by atoms with van der Waals surface area (Å²) >= 11 is 6.05. The average molecular weight is 499 g/mol. The molecule has 0 aromatic carbocycles. The van der Waals surface area contributed by atoms with Gasteiger partial charge >= 0.3 is 17.9 Å². The molecule has 0 aromatic heterocycles. The number of aliphatic hydroxyl groups is 1. The normalized spacial score (nSPS) is 20.8. The zero-order chi connectivity index (χ0) is 25.7. The minimum Gasteiger partial charge on any atom is -0.469 e. The molecule has 34 heavy (non-hydrogen) atoms. The van der Waals surface area contributed by atoms with Crippen molar-refractivity contribution in [3.63, 3.8) is 0 Å². The van der Waals surface area contributed by atoms with Crippen LogP contribution in [0, 0.1) is 0 Å². The summed E-state index contributed by atoms with van der Waals surface area (Å²) in [6, 6.07) is 0. The van der Waals surface area contributed by atoms with Gasteiger partial charge in [0, 0.05) is 32.3 Å². The third-order valence-electron chi connectivity index (χ3n) is 5.28. The predicted molar refractivity (Wildman–Crippen MR) is 127 cm³/mol. The number of hydrogen-bond donors (Lipinski definition) is 1. The highest BCUT2D eigenvalue weighted by Crippen LogP contribution is 2.37. The molecule has 9 heteroatoms. The molecule has 1 aliphatic carbocycles. The lowest BCUT2D eigenvalue weighted by Gasteiger charge is -2.27. The molecule has 0 heterocycles. The lowest BCUT2D eigenvalue weighted by molar-refractivity contribution is -0.162. The van der Waals surface area contributed by atoms with Crippen molar-refractivity contribution in [2.75, 3.05) is 7.11 Å². The molecule has 0 bridgehead atoms. The van der Waals surface area contributed by atoms with Gasteiger partial charge in [0.05, 0.1) is 12.1 Å². The molecular formula is C25H35ClO8. The first kappa shape index (κ1) is 29.6. The highest BCUT2D eigenvalue weighted by atomic mass is 35.5. The fourth-order valence-corrected chi connectivity index (χ4v) is 3.87. The standard InChI is InChI=1S/C25H35ClO8/c1-5-6-7-8-9-10-14-25(31)16-20(26)24(30)19(25)15-22(34-18(3)28)21(33-17(2)27)12-11-13-23(29)32-4/h9-10,15-16,21-22,31H,5-8,11-14H2,1-4H3/t21-,22-,25+/m0/s1. The van der Waals surface area contributed by atoms with Crippen molar-refractivity contribution in [1.29, 1.82) is 0 Å². The average Bonchev–Trinajstić information content (AvgIpc) is 2.97. The lowest BCUT2D eigenvalue weighted by Crippen LogP contribution is -2.36. The number of unbranched alkanes of at least 4 members (excludes halogenated alkanes) is 3. The Morgan fingerprint density at radius 1 is 1.12 bits per heavy atom. The second kappa shape index (κ2) is 14.7. The first-order chi connectivity index (χ1) is 16.0. The fraction of sp³-hybridized carbons (Fsp3) is 0.600. The molecule has 0 aromatic rings. The molecule has 8 nitrogen and oxygen atoms in total. The van der Waals surface area contributed by atoms with Gasteiger partial charge < -0.3 is 19.3 Å². The smallest absolute Gasteiger partial charge is 0.305 e. The quantitative estimate of drug-likeness (QED) is 0.125. The van der Waals surface area contributed by atoms with Gasteiger partial charge in [-0.15, -0.1) is 0 Å². The molecular weight excluding hydrogens is 464 g/mol. The summed E-state index contributed by atoms with van der Waals surface area (Å²) in [7, 11) is 1.26. The molecule has 0 saturated carbocycles. The number of carbonyl (C=O) groups excluding carboxylic acids is 4. The highest BCUT2D eigenvalue weighted by Gasteiger charge is 2.42. The third-order valence-corrected chi connectivity index (χ3v) is 5.56. The van der Waals surface area contributed by atoms with Crippen LogP contribution in [0.4, 0.5) is 0 Å². The minimum absolute atomic E-state index is 0.0629. The van der Waals surface area contributed by atoms with E-state index in [-0.39, 0.29) is 36.3 Å². The van der Waals surface area contributed by atoms with Gasteiger partial charge in [-0.25, -0.2) is 0 Å². The second-order valence-electron chi connectivity index (χ2n) is 8.19. The summed E-state index contributed by atoms with van der Waals surface area (Å²) in [4.78, 5) is 47.7. The van der Waals surface area contributed by atoms with E-state index in [1.807, 2.05) is 6.08 Å². The van der Waals surface area contributed by atoms with Crippen molar-refractivity contribution in [1.82, 2.24) is 0 Å². The monoisotopic (exact) mass is 498 g/mol. The number of ether oxygens (including phenoxy) is 3. The van der Waals surface area contributed by atoms with Crippen LogP contribution >= 0.6 is 11.6 Å². The number of halogens is 1. The molecule has 1 rings (SSSR count). The highest BCUT2D eigenvalue weighted by molar-refractivity contribution is 6.46. The number of hydrogen-bond acceptors (Lipinski definition) is 8. The largest absolute Gasteiger partial charge is 0.469 e. The Bertz CT molecular complexity index is 829. The van der Waals surface area contributed by atoms with E-state index in [4.69, 9.17) is 21.1 Å². The summed E-state index contributed by atoms with van der Waals surface area (Å²) < 4.78 is 15.3. The van der Waals surface area contributed by atoms with E-state index in [1.165, 1.54) is 33.1 Å². The van der Waals surface area contributed by atoms with Crippen LogP contribution in [0.5, 0.6) is 0 Å². The van der Waals surface area contributed by atoms with Crippen LogP contribution < -0.4 is 0 Å². The van der Waals surface area contributed by atoms with Crippen molar-refractivity contribution < 1.29 is 38.5 Å². The summed E-state index contributed by atoms with van der Waals surface area (Å²) in [5.41, 5.74) is -1.76. The van der Waals surface area contributed by atoms with Crippen LogP contribution in [0.1, 0.15) is 72.1 Å². The summed E-state index contributed by atoms with van der Waals surface area (Å²) in [6.45, 7) is 4.49. The van der Waals surface area contributed by atoms with Crippen LogP contribution in [0.25, 0.3) is 0 Å². The van der Waals surface area contributed by atoms with Gasteiger partial charge in [0.15, 0.2) is 6.10 Å². The van der Waals surface area contributed by atoms with E-state index in [0.29, 0.717) is 0 Å². The summed E-state index contributed by atoms with van der Waals surface area (Å²) in [5.74, 6) is -2.34. The molecule has 1 N–H and O–H groups in total. The van der Waals surface area contributed by atoms with Gasteiger partial charge in [-0.2, -0.15) is 0 Å². The first-order valence-corrected chi connectivity index (χ1v) is 11.9. The zero-order valence-corrected chi connectivity index (χ0v) is 21.1. The van der Waals surface area contributed by atoms with Crippen LogP contribution in [0.3, 0.4) is 0 Å². The molecule has 0 spiro atoms. The van der Waals surface area contributed by atoms with Gasteiger partial charge in [-0.1, -0.05) is 43.5 Å². The third kappa shape index (κ3) is 9.81. The topological polar surface area (TPSA) is 116 Å². The maximum atomic E-state index is 12.7. The molecule has 0 saturated heterocycles. The molecule has 190 valence electrons. The maximum absolute atomic E-state index is 12.7. The number of esters is 3. The fourth-order valence-electron chi connectivity index (χ4n) is 3.59. The Balaban J connectivity index is 3.20. The number of rotatable bonds is 14. The summed E-state index contributed by atoms with van der Waals surface area (Å²) in [6.07, 6.45) is 8.77. The number of Topliss-reactive ketones (excluding diaryl/α,β-unsaturated/α-hetero) is 1. The van der Waals surface area contributed by atoms with E-state index in [0.717, 1.165) is 25.7 Å². The van der Waals surface area contributed by atoms with Crippen LogP contribution in [0.2, 0.25) is 0 Å². The Labute approximate surface area is 206 Å². The molecule has 0 aliphatic heterocycles. The van der Waals surface area contributed by atoms with Gasteiger partial charge in [0.1, 0.15) is 11.7 Å². The molecule has 3 atom stereocenters. The minimum atomic E-state index is -1.69. The first-order valence-electron chi connectivity index (χ1n) is 11.5. The van der Waals surface area contributed by atoms with Crippen LogP contribution in [0.15, 0.2) is 34.9 Å². The Morgan fingerprint density at radius 3 is 2.38 bits per heavy atom. The van der Waals surface area contributed by atoms with E-state index in [9.17, 15) is 24.3 Å². The lowest BCUT2D eigenvalue weighted by atomic mass is 9.90.